The highest BCUT2D eigenvalue weighted by Gasteiger charge is 2.04. The third kappa shape index (κ3) is 7.10. The van der Waals surface area contributed by atoms with Crippen LogP contribution in [-0.2, 0) is 9.47 Å². The lowest BCUT2D eigenvalue weighted by Gasteiger charge is -2.21. The van der Waals surface area contributed by atoms with Crippen LogP contribution in [-0.4, -0.2) is 58.5 Å². The van der Waals surface area contributed by atoms with E-state index in [0.29, 0.717) is 13.2 Å². The molecule has 0 aliphatic carbocycles. The molecule has 0 amide bonds. The Labute approximate surface area is 114 Å². The largest absolute Gasteiger partial charge is 0.384 e. The van der Waals surface area contributed by atoms with Crippen molar-refractivity contribution >= 4 is 5.69 Å². The average molecular weight is 270 g/mol. The van der Waals surface area contributed by atoms with Gasteiger partial charge in [0.1, 0.15) is 5.82 Å². The van der Waals surface area contributed by atoms with Crippen molar-refractivity contribution in [3.05, 3.63) is 30.1 Å². The van der Waals surface area contributed by atoms with Crippen molar-refractivity contribution in [1.82, 2.24) is 4.90 Å². The summed E-state index contributed by atoms with van der Waals surface area (Å²) in [4.78, 5) is 2.25. The predicted molar refractivity (Wildman–Crippen MR) is 75.1 cm³/mol. The molecule has 4 nitrogen and oxygen atoms in total. The molecule has 0 saturated carbocycles. The normalized spacial score (nSPS) is 10.9. The highest BCUT2D eigenvalue weighted by atomic mass is 19.1. The van der Waals surface area contributed by atoms with Crippen LogP contribution >= 0.6 is 0 Å². The van der Waals surface area contributed by atoms with Gasteiger partial charge in [0, 0.05) is 46.1 Å². The maximum Gasteiger partial charge on any atom is 0.125 e. The molecule has 0 aliphatic heterocycles. The maximum absolute atomic E-state index is 13.0. The first-order valence-electron chi connectivity index (χ1n) is 6.46. The molecule has 1 aromatic rings. The van der Waals surface area contributed by atoms with Crippen LogP contribution in [0.5, 0.6) is 0 Å². The highest BCUT2D eigenvalue weighted by molar-refractivity contribution is 5.42. The van der Waals surface area contributed by atoms with Crippen LogP contribution in [0.2, 0.25) is 0 Å². The molecule has 19 heavy (non-hydrogen) atoms. The van der Waals surface area contributed by atoms with Crippen molar-refractivity contribution in [2.24, 2.45) is 0 Å². The first-order chi connectivity index (χ1) is 9.26. The van der Waals surface area contributed by atoms with Gasteiger partial charge in [-0.05, 0) is 18.2 Å². The minimum atomic E-state index is -0.222. The van der Waals surface area contributed by atoms with Crippen LogP contribution in [0.1, 0.15) is 0 Å². The molecule has 0 spiro atoms. The molecule has 0 atom stereocenters. The first kappa shape index (κ1) is 15.9. The molecule has 1 N–H and O–H groups in total. The fourth-order valence-electron chi connectivity index (χ4n) is 1.73. The zero-order chi connectivity index (χ0) is 13.9. The molecule has 0 saturated heterocycles. The molecule has 108 valence electrons. The summed E-state index contributed by atoms with van der Waals surface area (Å²) >= 11 is 0. The van der Waals surface area contributed by atoms with Gasteiger partial charge >= 0.3 is 0 Å². The van der Waals surface area contributed by atoms with Gasteiger partial charge in [-0.2, -0.15) is 0 Å². The SMILES string of the molecule is COCCN(CCNc1cccc(F)c1)CCOC. The number of nitrogens with zero attached hydrogens (tertiary/aromatic N) is 1. The number of ether oxygens (including phenoxy) is 2. The third-order valence-electron chi connectivity index (χ3n) is 2.81. The summed E-state index contributed by atoms with van der Waals surface area (Å²) in [6.45, 7) is 4.75. The molecule has 0 unspecified atom stereocenters. The van der Waals surface area contributed by atoms with E-state index in [2.05, 4.69) is 10.2 Å². The van der Waals surface area contributed by atoms with Crippen LogP contribution in [0.4, 0.5) is 10.1 Å². The summed E-state index contributed by atoms with van der Waals surface area (Å²) in [6, 6.07) is 6.49. The van der Waals surface area contributed by atoms with E-state index in [-0.39, 0.29) is 5.82 Å². The van der Waals surface area contributed by atoms with Crippen LogP contribution in [0, 0.1) is 5.82 Å². The lowest BCUT2D eigenvalue weighted by molar-refractivity contribution is 0.116. The molecular formula is C14H23FN2O2. The second kappa shape index (κ2) is 9.72. The number of halogens is 1. The molecule has 1 aromatic carbocycles. The quantitative estimate of drug-likeness (QED) is 0.703. The molecule has 0 radical (unpaired) electrons. The van der Waals surface area contributed by atoms with Crippen molar-refractivity contribution < 1.29 is 13.9 Å². The summed E-state index contributed by atoms with van der Waals surface area (Å²) in [7, 11) is 3.39. The molecular weight excluding hydrogens is 247 g/mol. The van der Waals surface area contributed by atoms with Crippen molar-refractivity contribution in [1.29, 1.82) is 0 Å². The monoisotopic (exact) mass is 270 g/mol. The van der Waals surface area contributed by atoms with E-state index in [1.54, 1.807) is 20.3 Å². The van der Waals surface area contributed by atoms with Crippen LogP contribution in [0.25, 0.3) is 0 Å². The van der Waals surface area contributed by atoms with E-state index in [0.717, 1.165) is 31.9 Å². The summed E-state index contributed by atoms with van der Waals surface area (Å²) < 4.78 is 23.2. The number of benzene rings is 1. The molecule has 0 fully saturated rings. The standard InChI is InChI=1S/C14H23FN2O2/c1-18-10-8-17(9-11-19-2)7-6-16-14-5-3-4-13(15)12-14/h3-5,12,16H,6-11H2,1-2H3. The number of hydrogen-bond acceptors (Lipinski definition) is 4. The molecule has 0 aromatic heterocycles. The number of hydrogen-bond donors (Lipinski definition) is 1. The summed E-state index contributed by atoms with van der Waals surface area (Å²) in [6.07, 6.45) is 0. The lowest BCUT2D eigenvalue weighted by Crippen LogP contribution is -2.34. The highest BCUT2D eigenvalue weighted by Crippen LogP contribution is 2.08. The van der Waals surface area contributed by atoms with E-state index in [4.69, 9.17) is 9.47 Å². The molecule has 5 heteroatoms. The molecule has 0 heterocycles. The Kier molecular flexibility index (Phi) is 8.13. The van der Waals surface area contributed by atoms with E-state index in [9.17, 15) is 4.39 Å². The van der Waals surface area contributed by atoms with Gasteiger partial charge in [-0.25, -0.2) is 4.39 Å². The first-order valence-corrected chi connectivity index (χ1v) is 6.46. The summed E-state index contributed by atoms with van der Waals surface area (Å²) in [5.74, 6) is -0.222. The van der Waals surface area contributed by atoms with E-state index in [1.165, 1.54) is 12.1 Å². The predicted octanol–water partition coefficient (Wildman–Crippen LogP) is 1.83. The topological polar surface area (TPSA) is 33.7 Å². The Balaban J connectivity index is 2.29. The lowest BCUT2D eigenvalue weighted by atomic mass is 10.3. The summed E-state index contributed by atoms with van der Waals surface area (Å²) in [5, 5.41) is 3.21. The zero-order valence-corrected chi connectivity index (χ0v) is 11.7. The van der Waals surface area contributed by atoms with Gasteiger partial charge in [0.2, 0.25) is 0 Å². The van der Waals surface area contributed by atoms with Gasteiger partial charge in [-0.3, -0.25) is 4.90 Å². The molecule has 0 bridgehead atoms. The summed E-state index contributed by atoms with van der Waals surface area (Å²) in [5.41, 5.74) is 0.804. The van der Waals surface area contributed by atoms with Gasteiger partial charge in [0.25, 0.3) is 0 Å². The Hall–Kier alpha value is -1.17. The Morgan fingerprint density at radius 3 is 2.37 bits per heavy atom. The van der Waals surface area contributed by atoms with Gasteiger partial charge in [0.15, 0.2) is 0 Å². The molecule has 0 aliphatic rings. The van der Waals surface area contributed by atoms with Crippen molar-refractivity contribution in [2.75, 3.05) is 58.9 Å². The van der Waals surface area contributed by atoms with Crippen molar-refractivity contribution in [3.63, 3.8) is 0 Å². The maximum atomic E-state index is 13.0. The van der Waals surface area contributed by atoms with Crippen LogP contribution < -0.4 is 5.32 Å². The Morgan fingerprint density at radius 2 is 1.79 bits per heavy atom. The number of nitrogens with one attached hydrogen (secondary N) is 1. The minimum absolute atomic E-state index is 0.222. The minimum Gasteiger partial charge on any atom is -0.384 e. The van der Waals surface area contributed by atoms with Gasteiger partial charge < -0.3 is 14.8 Å². The van der Waals surface area contributed by atoms with Crippen LogP contribution in [0.3, 0.4) is 0 Å². The van der Waals surface area contributed by atoms with Crippen molar-refractivity contribution in [2.45, 2.75) is 0 Å². The van der Waals surface area contributed by atoms with Gasteiger partial charge in [0.05, 0.1) is 13.2 Å². The second-order valence-corrected chi connectivity index (χ2v) is 4.26. The van der Waals surface area contributed by atoms with E-state index in [1.807, 2.05) is 6.07 Å². The number of methoxy groups -OCH3 is 2. The van der Waals surface area contributed by atoms with Gasteiger partial charge in [-0.15, -0.1) is 0 Å². The third-order valence-corrected chi connectivity index (χ3v) is 2.81. The Bertz CT molecular complexity index is 342. The Morgan fingerprint density at radius 1 is 1.11 bits per heavy atom. The number of rotatable bonds is 10. The average Bonchev–Trinajstić information content (AvgIpc) is 2.41. The van der Waals surface area contributed by atoms with Crippen molar-refractivity contribution in [3.8, 4) is 0 Å². The number of anilines is 1. The molecule has 1 rings (SSSR count). The fourth-order valence-corrected chi connectivity index (χ4v) is 1.73. The smallest absolute Gasteiger partial charge is 0.125 e. The van der Waals surface area contributed by atoms with Gasteiger partial charge in [-0.1, -0.05) is 6.07 Å². The zero-order valence-electron chi connectivity index (χ0n) is 11.7. The second-order valence-electron chi connectivity index (χ2n) is 4.26. The van der Waals surface area contributed by atoms with E-state index >= 15 is 0 Å². The fraction of sp³-hybridized carbons (Fsp3) is 0.571. The van der Waals surface area contributed by atoms with E-state index < -0.39 is 0 Å². The van der Waals surface area contributed by atoms with Crippen LogP contribution in [0.15, 0.2) is 24.3 Å².